The minimum absolute atomic E-state index is 0.0204. The Morgan fingerprint density at radius 1 is 0.691 bits per heavy atom. The van der Waals surface area contributed by atoms with Gasteiger partial charge in [0.2, 0.25) is 5.91 Å². The third-order valence-corrected chi connectivity index (χ3v) is 10.2. The predicted octanol–water partition coefficient (Wildman–Crippen LogP) is 10.2. The minimum atomic E-state index is -4.61. The maximum atomic E-state index is 12.8. The number of likely N-dealkylation sites (N-methyl/N-ethyl adjacent to an activating group) is 1. The van der Waals surface area contributed by atoms with Crippen LogP contribution in [0, 0.1) is 0 Å². The van der Waals surface area contributed by atoms with Crippen molar-refractivity contribution in [1.29, 1.82) is 0 Å². The fourth-order valence-electron chi connectivity index (χ4n) is 5.81. The van der Waals surface area contributed by atoms with Crippen molar-refractivity contribution in [2.24, 2.45) is 0 Å². The van der Waals surface area contributed by atoms with Crippen molar-refractivity contribution in [2.75, 3.05) is 40.9 Å². The maximum absolute atomic E-state index is 12.8. The zero-order valence-electron chi connectivity index (χ0n) is 35.7. The SMILES string of the molecule is CCCCCCCCCCCCCCC/C=C/[C@@H](O)[C@H](COP(=O)([O-])OCC[N+](C)(C)C)NC(=O)CCC/C=C\C/C=C\C/C=C\C/C=C\CC(O)CCC. The lowest BCUT2D eigenvalue weighted by Crippen LogP contribution is -2.45. The van der Waals surface area contributed by atoms with E-state index >= 15 is 0 Å². The highest BCUT2D eigenvalue weighted by Gasteiger charge is 2.23. The third-order valence-electron chi connectivity index (χ3n) is 9.28. The molecule has 9 nitrogen and oxygen atoms in total. The number of rotatable bonds is 38. The van der Waals surface area contributed by atoms with E-state index in [0.717, 1.165) is 57.8 Å². The molecule has 0 saturated heterocycles. The van der Waals surface area contributed by atoms with Crippen LogP contribution in [0.4, 0.5) is 0 Å². The van der Waals surface area contributed by atoms with E-state index in [2.05, 4.69) is 61.7 Å². The lowest BCUT2D eigenvalue weighted by molar-refractivity contribution is -0.870. The van der Waals surface area contributed by atoms with Crippen LogP contribution in [-0.4, -0.2) is 79.8 Å². The summed E-state index contributed by atoms with van der Waals surface area (Å²) in [4.78, 5) is 25.2. The zero-order chi connectivity index (χ0) is 40.9. The first kappa shape index (κ1) is 53.2. The van der Waals surface area contributed by atoms with Crippen LogP contribution in [0.1, 0.15) is 162 Å². The zero-order valence-corrected chi connectivity index (χ0v) is 36.6. The lowest BCUT2D eigenvalue weighted by Gasteiger charge is -2.29. The lowest BCUT2D eigenvalue weighted by atomic mass is 10.0. The van der Waals surface area contributed by atoms with E-state index < -0.39 is 26.6 Å². The first-order valence-corrected chi connectivity index (χ1v) is 23.2. The average Bonchev–Trinajstić information content (AvgIpc) is 3.12. The summed E-state index contributed by atoms with van der Waals surface area (Å²) in [6.45, 7) is 4.38. The van der Waals surface area contributed by atoms with Gasteiger partial charge in [-0.25, -0.2) is 0 Å². The molecular formula is C45H83N2O7P. The van der Waals surface area contributed by atoms with Gasteiger partial charge in [-0.3, -0.25) is 9.36 Å². The van der Waals surface area contributed by atoms with Crippen molar-refractivity contribution < 1.29 is 38.0 Å². The first-order chi connectivity index (χ1) is 26.4. The topological polar surface area (TPSA) is 128 Å². The van der Waals surface area contributed by atoms with Gasteiger partial charge in [0.1, 0.15) is 13.2 Å². The highest BCUT2D eigenvalue weighted by atomic mass is 31.2. The van der Waals surface area contributed by atoms with E-state index in [-0.39, 0.29) is 25.0 Å². The number of quaternary nitrogens is 1. The van der Waals surface area contributed by atoms with Gasteiger partial charge in [0, 0.05) is 6.42 Å². The summed E-state index contributed by atoms with van der Waals surface area (Å²) >= 11 is 0. The quantitative estimate of drug-likeness (QED) is 0.0246. The molecule has 0 rings (SSSR count). The number of allylic oxidation sites excluding steroid dienone is 8. The number of hydrogen-bond acceptors (Lipinski definition) is 7. The van der Waals surface area contributed by atoms with Crippen molar-refractivity contribution in [3.05, 3.63) is 60.8 Å². The number of aliphatic hydroxyl groups is 2. The minimum Gasteiger partial charge on any atom is -0.756 e. The van der Waals surface area contributed by atoms with Gasteiger partial charge in [0.15, 0.2) is 0 Å². The molecule has 0 aromatic rings. The Bertz CT molecular complexity index is 1100. The molecule has 0 aromatic carbocycles. The van der Waals surface area contributed by atoms with E-state index in [1.165, 1.54) is 70.6 Å². The molecule has 0 radical (unpaired) electrons. The number of phosphoric ester groups is 1. The van der Waals surface area contributed by atoms with E-state index in [9.17, 15) is 24.5 Å². The monoisotopic (exact) mass is 795 g/mol. The number of carbonyl (C=O) groups is 1. The first-order valence-electron chi connectivity index (χ1n) is 21.7. The predicted molar refractivity (Wildman–Crippen MR) is 230 cm³/mol. The Hall–Kier alpha value is -1.84. The number of aliphatic hydroxyl groups excluding tert-OH is 2. The maximum Gasteiger partial charge on any atom is 0.268 e. The molecule has 10 heteroatoms. The van der Waals surface area contributed by atoms with E-state index in [1.807, 2.05) is 33.3 Å². The smallest absolute Gasteiger partial charge is 0.268 e. The molecule has 3 N–H and O–H groups in total. The Kier molecular flexibility index (Phi) is 35.3. The standard InChI is InChI=1S/C45H83N2O7P/c1-6-8-9-10-11-12-13-14-15-18-21-24-27-30-33-37-44(49)43(41-54-55(51,52)53-40-39-47(3,4)5)46-45(50)38-34-31-28-25-22-19-16-17-20-23-26-29-32-36-42(48)35-7-2/h16,19-20,23,25,28-29,32-33,37,42-44,48-49H,6-15,17-18,21-22,24,26-27,30-31,34-36,38-41H2,1-5H3,(H-,46,50,51,52)/b19-16-,23-20-,28-25-,32-29-,37-33+/t42?,43-,44+/m0/s1. The second-order valence-electron chi connectivity index (χ2n) is 15.9. The average molecular weight is 795 g/mol. The molecule has 4 atom stereocenters. The van der Waals surface area contributed by atoms with Gasteiger partial charge in [0.25, 0.3) is 7.82 Å². The van der Waals surface area contributed by atoms with Crippen LogP contribution in [0.5, 0.6) is 0 Å². The summed E-state index contributed by atoms with van der Waals surface area (Å²) in [7, 11) is 1.19. The number of hydrogen-bond donors (Lipinski definition) is 3. The largest absolute Gasteiger partial charge is 0.756 e. The van der Waals surface area contributed by atoms with Gasteiger partial charge < -0.3 is 34.0 Å². The molecule has 0 aliphatic carbocycles. The Labute approximate surface area is 337 Å². The normalized spacial score (nSPS) is 15.6. The van der Waals surface area contributed by atoms with Gasteiger partial charge in [0.05, 0.1) is 46.0 Å². The molecule has 0 saturated carbocycles. The van der Waals surface area contributed by atoms with Crippen LogP contribution < -0.4 is 10.2 Å². The van der Waals surface area contributed by atoms with E-state index in [0.29, 0.717) is 23.9 Å². The van der Waals surface area contributed by atoms with Crippen LogP contribution in [0.25, 0.3) is 0 Å². The molecule has 0 heterocycles. The molecule has 0 aliphatic rings. The number of unbranched alkanes of at least 4 members (excludes halogenated alkanes) is 14. The van der Waals surface area contributed by atoms with E-state index in [4.69, 9.17) is 9.05 Å². The van der Waals surface area contributed by atoms with Crippen LogP contribution in [0.15, 0.2) is 60.8 Å². The fourth-order valence-corrected chi connectivity index (χ4v) is 6.53. The highest BCUT2D eigenvalue weighted by Crippen LogP contribution is 2.38. The Morgan fingerprint density at radius 2 is 1.20 bits per heavy atom. The number of nitrogens with one attached hydrogen (secondary N) is 1. The van der Waals surface area contributed by atoms with Crippen molar-refractivity contribution in [1.82, 2.24) is 5.32 Å². The van der Waals surface area contributed by atoms with Crippen LogP contribution in [0.2, 0.25) is 0 Å². The molecular weight excluding hydrogens is 711 g/mol. The molecule has 320 valence electrons. The van der Waals surface area contributed by atoms with E-state index in [1.54, 1.807) is 6.08 Å². The van der Waals surface area contributed by atoms with Gasteiger partial charge in [-0.1, -0.05) is 158 Å². The molecule has 1 amide bonds. The van der Waals surface area contributed by atoms with Crippen LogP contribution in [0.3, 0.4) is 0 Å². The van der Waals surface area contributed by atoms with Crippen molar-refractivity contribution >= 4 is 13.7 Å². The Balaban J connectivity index is 4.59. The second-order valence-corrected chi connectivity index (χ2v) is 17.3. The molecule has 2 unspecified atom stereocenters. The molecule has 0 spiro atoms. The summed E-state index contributed by atoms with van der Waals surface area (Å²) in [5, 5.41) is 23.4. The molecule has 0 aromatic heterocycles. The highest BCUT2D eigenvalue weighted by molar-refractivity contribution is 7.45. The summed E-state index contributed by atoms with van der Waals surface area (Å²) in [5.74, 6) is -0.267. The molecule has 55 heavy (non-hydrogen) atoms. The van der Waals surface area contributed by atoms with Crippen LogP contribution in [-0.2, 0) is 18.4 Å². The molecule has 0 bridgehead atoms. The van der Waals surface area contributed by atoms with Crippen molar-refractivity contribution in [2.45, 2.75) is 180 Å². The summed E-state index contributed by atoms with van der Waals surface area (Å²) in [5.41, 5.74) is 0. The second kappa shape index (κ2) is 36.5. The molecule has 0 fully saturated rings. The fraction of sp³-hybridized carbons (Fsp3) is 0.756. The number of nitrogens with zero attached hydrogens (tertiary/aromatic N) is 1. The van der Waals surface area contributed by atoms with Gasteiger partial charge in [-0.2, -0.15) is 0 Å². The van der Waals surface area contributed by atoms with Crippen molar-refractivity contribution in [3.63, 3.8) is 0 Å². The van der Waals surface area contributed by atoms with Gasteiger partial charge in [-0.15, -0.1) is 0 Å². The summed E-state index contributed by atoms with van der Waals surface area (Å²) in [6.07, 6.45) is 43.3. The third kappa shape index (κ3) is 38.8. The molecule has 0 aliphatic heterocycles. The summed E-state index contributed by atoms with van der Waals surface area (Å²) < 4.78 is 23.1. The van der Waals surface area contributed by atoms with Gasteiger partial charge >= 0.3 is 0 Å². The number of amides is 1. The van der Waals surface area contributed by atoms with Crippen molar-refractivity contribution in [3.8, 4) is 0 Å². The number of phosphoric acid groups is 1. The van der Waals surface area contributed by atoms with Gasteiger partial charge in [-0.05, 0) is 57.8 Å². The summed E-state index contributed by atoms with van der Waals surface area (Å²) in [6, 6.07) is -0.927. The number of carbonyl (C=O) groups excluding carboxylic acids is 1. The Morgan fingerprint density at radius 3 is 1.75 bits per heavy atom. The van der Waals surface area contributed by atoms with Crippen LogP contribution >= 0.6 is 7.82 Å².